The number of para-hydroxylation sites is 1. The molecule has 1 saturated heterocycles. The molecule has 3 heterocycles. The standard InChI is InChI=1S/C20H24N4O/c1-14-10-16(3)24(21-14)18-12-22(13-18)20(25)8-9-23-15(2)11-17-6-4-5-7-19(17)23/h4-7,10-11,18H,8-9,12-13H2,1-3H3. The minimum absolute atomic E-state index is 0.231. The first kappa shape index (κ1) is 15.9. The van der Waals surface area contributed by atoms with Crippen LogP contribution in [0, 0.1) is 20.8 Å². The maximum Gasteiger partial charge on any atom is 0.224 e. The lowest BCUT2D eigenvalue weighted by atomic mass is 10.1. The van der Waals surface area contributed by atoms with Crippen LogP contribution in [-0.2, 0) is 11.3 Å². The van der Waals surface area contributed by atoms with Crippen molar-refractivity contribution in [1.82, 2.24) is 19.2 Å². The summed E-state index contributed by atoms with van der Waals surface area (Å²) >= 11 is 0. The minimum atomic E-state index is 0.231. The second-order valence-corrected chi connectivity index (χ2v) is 7.07. The second kappa shape index (κ2) is 6.06. The number of rotatable bonds is 4. The van der Waals surface area contributed by atoms with Crippen molar-refractivity contribution in [2.24, 2.45) is 0 Å². The molecule has 25 heavy (non-hydrogen) atoms. The Hall–Kier alpha value is -2.56. The molecule has 4 rings (SSSR count). The fraction of sp³-hybridized carbons (Fsp3) is 0.400. The maximum absolute atomic E-state index is 12.5. The monoisotopic (exact) mass is 336 g/mol. The molecular formula is C20H24N4O. The van der Waals surface area contributed by atoms with E-state index in [2.05, 4.69) is 64.6 Å². The van der Waals surface area contributed by atoms with Crippen LogP contribution in [0.2, 0.25) is 0 Å². The van der Waals surface area contributed by atoms with Gasteiger partial charge in [-0.1, -0.05) is 18.2 Å². The molecule has 0 spiro atoms. The lowest BCUT2D eigenvalue weighted by Crippen LogP contribution is -2.51. The van der Waals surface area contributed by atoms with Crippen LogP contribution in [-0.4, -0.2) is 38.2 Å². The Bertz CT molecular complexity index is 930. The number of aryl methyl sites for hydroxylation is 4. The third-order valence-corrected chi connectivity index (χ3v) is 5.17. The van der Waals surface area contributed by atoms with E-state index < -0.39 is 0 Å². The molecule has 1 aliphatic heterocycles. The molecule has 2 aromatic heterocycles. The van der Waals surface area contributed by atoms with Gasteiger partial charge in [0.15, 0.2) is 0 Å². The van der Waals surface area contributed by atoms with Crippen LogP contribution in [0.5, 0.6) is 0 Å². The zero-order valence-corrected chi connectivity index (χ0v) is 15.1. The molecule has 1 aliphatic rings. The fourth-order valence-electron chi connectivity index (χ4n) is 3.84. The van der Waals surface area contributed by atoms with E-state index >= 15 is 0 Å². The first-order valence-electron chi connectivity index (χ1n) is 8.88. The van der Waals surface area contributed by atoms with Crippen molar-refractivity contribution in [3.63, 3.8) is 0 Å². The molecule has 0 atom stereocenters. The van der Waals surface area contributed by atoms with Crippen molar-refractivity contribution in [2.75, 3.05) is 13.1 Å². The van der Waals surface area contributed by atoms with Crippen LogP contribution in [0.4, 0.5) is 0 Å². The van der Waals surface area contributed by atoms with Gasteiger partial charge in [-0.25, -0.2) is 0 Å². The van der Waals surface area contributed by atoms with E-state index in [9.17, 15) is 4.79 Å². The van der Waals surface area contributed by atoms with Gasteiger partial charge in [0.2, 0.25) is 5.91 Å². The number of aromatic nitrogens is 3. The van der Waals surface area contributed by atoms with Gasteiger partial charge in [0.05, 0.1) is 11.7 Å². The van der Waals surface area contributed by atoms with Crippen LogP contribution >= 0.6 is 0 Å². The molecule has 0 bridgehead atoms. The van der Waals surface area contributed by atoms with Crippen LogP contribution in [0.1, 0.15) is 29.5 Å². The SMILES string of the molecule is Cc1cc(C)n(C2CN(C(=O)CCn3c(C)cc4ccccc43)C2)n1. The van der Waals surface area contributed by atoms with Crippen molar-refractivity contribution in [1.29, 1.82) is 0 Å². The van der Waals surface area contributed by atoms with Crippen LogP contribution in [0.15, 0.2) is 36.4 Å². The summed E-state index contributed by atoms with van der Waals surface area (Å²) in [4.78, 5) is 14.5. The number of benzene rings is 1. The highest BCUT2D eigenvalue weighted by Gasteiger charge is 2.32. The molecule has 0 radical (unpaired) electrons. The summed E-state index contributed by atoms with van der Waals surface area (Å²) in [6, 6.07) is 12.9. The molecule has 5 nitrogen and oxygen atoms in total. The average Bonchev–Trinajstić information content (AvgIpc) is 3.02. The highest BCUT2D eigenvalue weighted by atomic mass is 16.2. The van der Waals surface area contributed by atoms with E-state index in [1.165, 1.54) is 22.3 Å². The minimum Gasteiger partial charge on any atom is -0.344 e. The lowest BCUT2D eigenvalue weighted by molar-refractivity contribution is -0.137. The van der Waals surface area contributed by atoms with E-state index in [0.29, 0.717) is 12.5 Å². The molecule has 0 unspecified atom stereocenters. The Morgan fingerprint density at radius 1 is 1.12 bits per heavy atom. The number of nitrogens with zero attached hydrogens (tertiary/aromatic N) is 4. The van der Waals surface area contributed by atoms with Gasteiger partial charge in [0.25, 0.3) is 0 Å². The Morgan fingerprint density at radius 2 is 1.88 bits per heavy atom. The lowest BCUT2D eigenvalue weighted by Gasteiger charge is -2.40. The molecule has 0 N–H and O–H groups in total. The van der Waals surface area contributed by atoms with E-state index in [0.717, 1.165) is 25.3 Å². The number of carbonyl (C=O) groups is 1. The zero-order valence-electron chi connectivity index (χ0n) is 15.1. The van der Waals surface area contributed by atoms with Crippen molar-refractivity contribution in [3.8, 4) is 0 Å². The molecule has 3 aromatic rings. The molecule has 1 amide bonds. The van der Waals surface area contributed by atoms with Gasteiger partial charge in [0, 0.05) is 43.0 Å². The predicted molar refractivity (Wildman–Crippen MR) is 98.6 cm³/mol. The summed E-state index contributed by atoms with van der Waals surface area (Å²) < 4.78 is 4.30. The summed E-state index contributed by atoms with van der Waals surface area (Å²) in [5, 5.41) is 5.77. The molecule has 1 aromatic carbocycles. The van der Waals surface area contributed by atoms with Crippen LogP contribution in [0.25, 0.3) is 10.9 Å². The van der Waals surface area contributed by atoms with Gasteiger partial charge in [0.1, 0.15) is 0 Å². The van der Waals surface area contributed by atoms with Crippen LogP contribution < -0.4 is 0 Å². The number of carbonyl (C=O) groups excluding carboxylic acids is 1. The Morgan fingerprint density at radius 3 is 2.60 bits per heavy atom. The van der Waals surface area contributed by atoms with Gasteiger partial charge in [-0.2, -0.15) is 5.10 Å². The highest BCUT2D eigenvalue weighted by Crippen LogP contribution is 2.24. The molecular weight excluding hydrogens is 312 g/mol. The van der Waals surface area contributed by atoms with E-state index in [1.54, 1.807) is 0 Å². The van der Waals surface area contributed by atoms with E-state index in [4.69, 9.17) is 0 Å². The third kappa shape index (κ3) is 2.84. The third-order valence-electron chi connectivity index (χ3n) is 5.17. The smallest absolute Gasteiger partial charge is 0.224 e. The highest BCUT2D eigenvalue weighted by molar-refractivity contribution is 5.82. The van der Waals surface area contributed by atoms with Gasteiger partial charge in [-0.3, -0.25) is 9.48 Å². The predicted octanol–water partition coefficient (Wildman–Crippen LogP) is 3.24. The van der Waals surface area contributed by atoms with Gasteiger partial charge in [-0.15, -0.1) is 0 Å². The summed E-state index contributed by atoms with van der Waals surface area (Å²) in [6.07, 6.45) is 0.545. The largest absolute Gasteiger partial charge is 0.344 e. The zero-order chi connectivity index (χ0) is 17.6. The van der Waals surface area contributed by atoms with Crippen molar-refractivity contribution in [3.05, 3.63) is 53.5 Å². The first-order chi connectivity index (χ1) is 12.0. The normalized spacial score (nSPS) is 14.9. The van der Waals surface area contributed by atoms with Crippen molar-refractivity contribution in [2.45, 2.75) is 39.8 Å². The topological polar surface area (TPSA) is 43.1 Å². The summed E-state index contributed by atoms with van der Waals surface area (Å²) in [5.41, 5.74) is 4.62. The van der Waals surface area contributed by atoms with Gasteiger partial charge in [-0.05, 0) is 44.4 Å². The van der Waals surface area contributed by atoms with Crippen molar-refractivity contribution >= 4 is 16.8 Å². The van der Waals surface area contributed by atoms with Crippen LogP contribution in [0.3, 0.4) is 0 Å². The molecule has 0 saturated carbocycles. The number of hydrogen-bond donors (Lipinski definition) is 0. The number of amides is 1. The van der Waals surface area contributed by atoms with Gasteiger partial charge >= 0.3 is 0 Å². The van der Waals surface area contributed by atoms with E-state index in [1.807, 2.05) is 11.8 Å². The quantitative estimate of drug-likeness (QED) is 0.734. The Labute approximate surface area is 147 Å². The molecule has 5 heteroatoms. The van der Waals surface area contributed by atoms with E-state index in [-0.39, 0.29) is 5.91 Å². The average molecular weight is 336 g/mol. The summed E-state index contributed by atoms with van der Waals surface area (Å²) in [5.74, 6) is 0.231. The molecule has 130 valence electrons. The van der Waals surface area contributed by atoms with Gasteiger partial charge < -0.3 is 9.47 Å². The maximum atomic E-state index is 12.5. The van der Waals surface area contributed by atoms with Crippen molar-refractivity contribution < 1.29 is 4.79 Å². The molecule has 1 fully saturated rings. The number of fused-ring (bicyclic) bond motifs is 1. The number of likely N-dealkylation sites (tertiary alicyclic amines) is 1. The second-order valence-electron chi connectivity index (χ2n) is 7.07. The Kier molecular flexibility index (Phi) is 3.86. The molecule has 0 aliphatic carbocycles. The summed E-state index contributed by atoms with van der Waals surface area (Å²) in [6.45, 7) is 8.46. The summed E-state index contributed by atoms with van der Waals surface area (Å²) in [7, 11) is 0. The first-order valence-corrected chi connectivity index (χ1v) is 8.88. The Balaban J connectivity index is 1.37. The fourth-order valence-corrected chi connectivity index (χ4v) is 3.84. The number of hydrogen-bond acceptors (Lipinski definition) is 2.